The van der Waals surface area contributed by atoms with Gasteiger partial charge in [0.1, 0.15) is 5.75 Å². The highest BCUT2D eigenvalue weighted by Crippen LogP contribution is 2.20. The van der Waals surface area contributed by atoms with Gasteiger partial charge in [-0.05, 0) is 49.9 Å². The van der Waals surface area contributed by atoms with E-state index in [9.17, 15) is 4.79 Å². The van der Waals surface area contributed by atoms with Crippen molar-refractivity contribution in [2.45, 2.75) is 51.5 Å². The average Bonchev–Trinajstić information content (AvgIpc) is 2.58. The first-order valence-electron chi connectivity index (χ1n) is 8.50. The molecule has 0 spiro atoms. The molecule has 1 saturated heterocycles. The molecule has 1 heterocycles. The van der Waals surface area contributed by atoms with Gasteiger partial charge in [0, 0.05) is 24.7 Å². The molecule has 5 heteroatoms. The molecule has 1 aromatic rings. The van der Waals surface area contributed by atoms with Crippen LogP contribution in [0.3, 0.4) is 0 Å². The van der Waals surface area contributed by atoms with Crippen LogP contribution in [-0.4, -0.2) is 36.5 Å². The maximum absolute atomic E-state index is 12.6. The molecule has 0 aliphatic carbocycles. The Labute approximate surface area is 145 Å². The van der Waals surface area contributed by atoms with E-state index in [0.717, 1.165) is 50.1 Å². The topological polar surface area (TPSA) is 55.6 Å². The minimum absolute atomic E-state index is 0. The monoisotopic (exact) mass is 340 g/mol. The van der Waals surface area contributed by atoms with Crippen molar-refractivity contribution in [2.24, 2.45) is 5.73 Å². The molecule has 0 aromatic heterocycles. The lowest BCUT2D eigenvalue weighted by molar-refractivity contribution is 0.0623. The van der Waals surface area contributed by atoms with Gasteiger partial charge in [0.2, 0.25) is 0 Å². The Morgan fingerprint density at radius 1 is 1.26 bits per heavy atom. The average molecular weight is 341 g/mol. The lowest BCUT2D eigenvalue weighted by atomic mass is 10.0. The summed E-state index contributed by atoms with van der Waals surface area (Å²) in [5, 5.41) is 0. The number of nitrogens with two attached hydrogens (primary N) is 1. The molecule has 1 aliphatic heterocycles. The summed E-state index contributed by atoms with van der Waals surface area (Å²) in [7, 11) is 0. The van der Waals surface area contributed by atoms with Crippen LogP contribution in [-0.2, 0) is 0 Å². The zero-order valence-electron chi connectivity index (χ0n) is 14.0. The van der Waals surface area contributed by atoms with Crippen LogP contribution in [0.5, 0.6) is 5.75 Å². The fourth-order valence-electron chi connectivity index (χ4n) is 2.91. The Balaban J connectivity index is 0.00000264. The first kappa shape index (κ1) is 19.8. The molecule has 23 heavy (non-hydrogen) atoms. The summed E-state index contributed by atoms with van der Waals surface area (Å²) >= 11 is 0. The summed E-state index contributed by atoms with van der Waals surface area (Å²) in [6, 6.07) is 7.69. The van der Waals surface area contributed by atoms with Gasteiger partial charge in [-0.15, -0.1) is 12.4 Å². The Morgan fingerprint density at radius 3 is 2.65 bits per heavy atom. The van der Waals surface area contributed by atoms with Crippen LogP contribution in [0.4, 0.5) is 0 Å². The maximum atomic E-state index is 12.6. The number of halogens is 1. The van der Waals surface area contributed by atoms with Crippen molar-refractivity contribution in [3.8, 4) is 5.75 Å². The Hall–Kier alpha value is -1.26. The molecular formula is C18H29ClN2O2. The van der Waals surface area contributed by atoms with Crippen molar-refractivity contribution in [1.82, 2.24) is 4.90 Å². The van der Waals surface area contributed by atoms with E-state index in [0.29, 0.717) is 6.54 Å². The summed E-state index contributed by atoms with van der Waals surface area (Å²) in [6.45, 7) is 4.28. The molecular weight excluding hydrogens is 312 g/mol. The van der Waals surface area contributed by atoms with Gasteiger partial charge in [-0.2, -0.15) is 0 Å². The third kappa shape index (κ3) is 5.70. The molecule has 1 atom stereocenters. The second kappa shape index (κ2) is 10.5. The molecule has 2 N–H and O–H groups in total. The zero-order valence-corrected chi connectivity index (χ0v) is 14.8. The number of carbonyl (C=O) groups is 1. The third-order valence-electron chi connectivity index (χ3n) is 4.28. The van der Waals surface area contributed by atoms with Crippen LogP contribution < -0.4 is 10.5 Å². The highest BCUT2D eigenvalue weighted by atomic mass is 35.5. The standard InChI is InChI=1S/C18H28N2O2.ClH/c1-2-3-6-13-22-17-10-8-15(9-11-17)18(21)20-12-5-4-7-16(20)14-19;/h8-11,16H,2-7,12-14,19H2,1H3;1H. The number of unbranched alkanes of at least 4 members (excludes halogenated alkanes) is 2. The van der Waals surface area contributed by atoms with Crippen molar-refractivity contribution in [2.75, 3.05) is 19.7 Å². The number of benzene rings is 1. The van der Waals surface area contributed by atoms with Gasteiger partial charge in [-0.25, -0.2) is 0 Å². The summed E-state index contributed by atoms with van der Waals surface area (Å²) in [6.07, 6.45) is 6.70. The van der Waals surface area contributed by atoms with E-state index >= 15 is 0 Å². The Bertz CT molecular complexity index is 465. The van der Waals surface area contributed by atoms with Crippen LogP contribution in [0.2, 0.25) is 0 Å². The van der Waals surface area contributed by atoms with Gasteiger partial charge >= 0.3 is 0 Å². The van der Waals surface area contributed by atoms with Gasteiger partial charge in [0.05, 0.1) is 6.61 Å². The zero-order chi connectivity index (χ0) is 15.8. The lowest BCUT2D eigenvalue weighted by Gasteiger charge is -2.35. The molecule has 1 aliphatic rings. The quantitative estimate of drug-likeness (QED) is 0.771. The number of ether oxygens (including phenoxy) is 1. The fraction of sp³-hybridized carbons (Fsp3) is 0.611. The van der Waals surface area contributed by atoms with Crippen molar-refractivity contribution in [3.63, 3.8) is 0 Å². The Kier molecular flexibility index (Phi) is 9.03. The minimum atomic E-state index is 0. The smallest absolute Gasteiger partial charge is 0.254 e. The first-order valence-corrected chi connectivity index (χ1v) is 8.50. The number of rotatable bonds is 7. The van der Waals surface area contributed by atoms with E-state index < -0.39 is 0 Å². The first-order chi connectivity index (χ1) is 10.8. The predicted molar refractivity (Wildman–Crippen MR) is 96.4 cm³/mol. The molecule has 130 valence electrons. The van der Waals surface area contributed by atoms with E-state index in [4.69, 9.17) is 10.5 Å². The van der Waals surface area contributed by atoms with Crippen molar-refractivity contribution in [1.29, 1.82) is 0 Å². The molecule has 1 amide bonds. The Morgan fingerprint density at radius 2 is 2.00 bits per heavy atom. The second-order valence-electron chi connectivity index (χ2n) is 5.96. The van der Waals surface area contributed by atoms with E-state index in [1.54, 1.807) is 0 Å². The van der Waals surface area contributed by atoms with Gasteiger partial charge in [0.25, 0.3) is 5.91 Å². The normalized spacial score (nSPS) is 17.5. The number of hydrogen-bond donors (Lipinski definition) is 1. The molecule has 0 bridgehead atoms. The number of likely N-dealkylation sites (tertiary alicyclic amines) is 1. The van der Waals surface area contributed by atoms with Crippen LogP contribution in [0, 0.1) is 0 Å². The van der Waals surface area contributed by atoms with Gasteiger partial charge in [-0.3, -0.25) is 4.79 Å². The molecule has 0 saturated carbocycles. The largest absolute Gasteiger partial charge is 0.494 e. The van der Waals surface area contributed by atoms with Crippen molar-refractivity contribution in [3.05, 3.63) is 29.8 Å². The fourth-order valence-corrected chi connectivity index (χ4v) is 2.91. The van der Waals surface area contributed by atoms with Crippen molar-refractivity contribution >= 4 is 18.3 Å². The lowest BCUT2D eigenvalue weighted by Crippen LogP contribution is -2.47. The van der Waals surface area contributed by atoms with E-state index in [2.05, 4.69) is 6.92 Å². The van der Waals surface area contributed by atoms with Crippen LogP contribution >= 0.6 is 12.4 Å². The molecule has 0 radical (unpaired) electrons. The SMILES string of the molecule is CCCCCOc1ccc(C(=O)N2CCCCC2CN)cc1.Cl. The second-order valence-corrected chi connectivity index (χ2v) is 5.96. The summed E-state index contributed by atoms with van der Waals surface area (Å²) in [5.41, 5.74) is 6.52. The molecule has 2 rings (SSSR count). The number of hydrogen-bond acceptors (Lipinski definition) is 3. The minimum Gasteiger partial charge on any atom is -0.494 e. The van der Waals surface area contributed by atoms with Gasteiger partial charge in [-0.1, -0.05) is 19.8 Å². The number of piperidine rings is 1. The predicted octanol–water partition coefficient (Wildman–Crippen LogP) is 3.63. The van der Waals surface area contributed by atoms with E-state index in [1.807, 2.05) is 29.2 Å². The number of amides is 1. The molecule has 1 fully saturated rings. The van der Waals surface area contributed by atoms with E-state index in [-0.39, 0.29) is 24.4 Å². The van der Waals surface area contributed by atoms with Crippen LogP contribution in [0.1, 0.15) is 55.8 Å². The highest BCUT2D eigenvalue weighted by molar-refractivity contribution is 5.94. The summed E-state index contributed by atoms with van der Waals surface area (Å²) in [4.78, 5) is 14.5. The van der Waals surface area contributed by atoms with Crippen LogP contribution in [0.15, 0.2) is 24.3 Å². The maximum Gasteiger partial charge on any atom is 0.254 e. The highest BCUT2D eigenvalue weighted by Gasteiger charge is 2.26. The summed E-state index contributed by atoms with van der Waals surface area (Å²) in [5.74, 6) is 0.925. The van der Waals surface area contributed by atoms with Gasteiger partial charge < -0.3 is 15.4 Å². The number of nitrogens with zero attached hydrogens (tertiary/aromatic N) is 1. The van der Waals surface area contributed by atoms with E-state index in [1.165, 1.54) is 12.8 Å². The summed E-state index contributed by atoms with van der Waals surface area (Å²) < 4.78 is 5.69. The third-order valence-corrected chi connectivity index (χ3v) is 4.28. The van der Waals surface area contributed by atoms with Crippen LogP contribution in [0.25, 0.3) is 0 Å². The molecule has 4 nitrogen and oxygen atoms in total. The van der Waals surface area contributed by atoms with Gasteiger partial charge in [0.15, 0.2) is 0 Å². The molecule has 1 unspecified atom stereocenters. The van der Waals surface area contributed by atoms with Crippen molar-refractivity contribution < 1.29 is 9.53 Å². The number of carbonyl (C=O) groups excluding carboxylic acids is 1. The molecule has 1 aromatic carbocycles.